The van der Waals surface area contributed by atoms with Crippen molar-refractivity contribution in [2.24, 2.45) is 4.99 Å². The fraction of sp³-hybridized carbons (Fsp3) is 0.200. The molecule has 0 unspecified atom stereocenters. The molecule has 0 spiro atoms. The molecule has 0 aliphatic rings. The highest BCUT2D eigenvalue weighted by Crippen LogP contribution is 2.25. The highest BCUT2D eigenvalue weighted by molar-refractivity contribution is 6.02. The van der Waals surface area contributed by atoms with Gasteiger partial charge < -0.3 is 9.72 Å². The number of H-pyrrole nitrogens is 1. The SMILES string of the molecule is CN=C(C)c1cc(-c2ccc[nH]c2=O)ccc1OC. The zero-order chi connectivity index (χ0) is 13.8. The largest absolute Gasteiger partial charge is 0.496 e. The molecular weight excluding hydrogens is 240 g/mol. The van der Waals surface area contributed by atoms with E-state index in [1.54, 1.807) is 32.5 Å². The van der Waals surface area contributed by atoms with Crippen LogP contribution in [0, 0.1) is 0 Å². The number of rotatable bonds is 3. The number of methoxy groups -OCH3 is 1. The third-order valence-corrected chi connectivity index (χ3v) is 3.05. The van der Waals surface area contributed by atoms with Gasteiger partial charge >= 0.3 is 0 Å². The predicted octanol–water partition coefficient (Wildman–Crippen LogP) is 2.49. The van der Waals surface area contributed by atoms with Gasteiger partial charge in [-0.05, 0) is 36.8 Å². The topological polar surface area (TPSA) is 54.5 Å². The second kappa shape index (κ2) is 5.52. The molecule has 1 aromatic heterocycles. The molecule has 0 radical (unpaired) electrons. The third kappa shape index (κ3) is 2.57. The van der Waals surface area contributed by atoms with E-state index < -0.39 is 0 Å². The van der Waals surface area contributed by atoms with Crippen molar-refractivity contribution >= 4 is 5.71 Å². The first-order valence-electron chi connectivity index (χ1n) is 5.97. The molecule has 1 N–H and O–H groups in total. The fourth-order valence-electron chi connectivity index (χ4n) is 1.93. The molecule has 98 valence electrons. The Labute approximate surface area is 111 Å². The van der Waals surface area contributed by atoms with Crippen LogP contribution in [0.1, 0.15) is 12.5 Å². The lowest BCUT2D eigenvalue weighted by Gasteiger charge is -2.10. The molecule has 0 atom stereocenters. The van der Waals surface area contributed by atoms with E-state index in [0.29, 0.717) is 5.56 Å². The normalized spacial score (nSPS) is 11.4. The summed E-state index contributed by atoms with van der Waals surface area (Å²) in [5, 5.41) is 0. The number of aromatic amines is 1. The molecule has 4 heteroatoms. The number of nitrogens with zero attached hydrogens (tertiary/aromatic N) is 1. The minimum absolute atomic E-state index is 0.107. The summed E-state index contributed by atoms with van der Waals surface area (Å²) in [7, 11) is 3.35. The molecule has 4 nitrogen and oxygen atoms in total. The van der Waals surface area contributed by atoms with Gasteiger partial charge in [0.15, 0.2) is 0 Å². The van der Waals surface area contributed by atoms with E-state index in [1.807, 2.05) is 25.1 Å². The fourth-order valence-corrected chi connectivity index (χ4v) is 1.93. The van der Waals surface area contributed by atoms with Crippen molar-refractivity contribution in [3.05, 3.63) is 52.4 Å². The second-order valence-electron chi connectivity index (χ2n) is 4.14. The summed E-state index contributed by atoms with van der Waals surface area (Å²) in [6.45, 7) is 1.91. The number of benzene rings is 1. The van der Waals surface area contributed by atoms with E-state index in [4.69, 9.17) is 4.74 Å². The van der Waals surface area contributed by atoms with Crippen LogP contribution in [0.15, 0.2) is 46.3 Å². The Bertz CT molecular complexity index is 672. The van der Waals surface area contributed by atoms with Crippen molar-refractivity contribution in [1.82, 2.24) is 4.98 Å². The molecule has 1 heterocycles. The van der Waals surface area contributed by atoms with Crippen LogP contribution in [0.4, 0.5) is 0 Å². The van der Waals surface area contributed by atoms with Gasteiger partial charge in [-0.3, -0.25) is 9.79 Å². The van der Waals surface area contributed by atoms with Crippen molar-refractivity contribution in [2.45, 2.75) is 6.92 Å². The molecule has 2 aromatic rings. The first kappa shape index (κ1) is 13.1. The van der Waals surface area contributed by atoms with Crippen molar-refractivity contribution in [1.29, 1.82) is 0 Å². The van der Waals surface area contributed by atoms with Crippen LogP contribution >= 0.6 is 0 Å². The minimum Gasteiger partial charge on any atom is -0.496 e. The van der Waals surface area contributed by atoms with Gasteiger partial charge in [0, 0.05) is 30.1 Å². The first-order valence-corrected chi connectivity index (χ1v) is 5.97. The van der Waals surface area contributed by atoms with Crippen molar-refractivity contribution in [3.8, 4) is 16.9 Å². The smallest absolute Gasteiger partial charge is 0.255 e. The van der Waals surface area contributed by atoms with Crippen molar-refractivity contribution in [2.75, 3.05) is 14.2 Å². The van der Waals surface area contributed by atoms with Gasteiger partial charge in [-0.1, -0.05) is 6.07 Å². The molecule has 0 aliphatic carbocycles. The standard InChI is InChI=1S/C15H16N2O2/c1-10(16-2)13-9-11(6-7-14(13)19-3)12-5-4-8-17-15(12)18/h4-9H,1-3H3,(H,17,18). The van der Waals surface area contributed by atoms with Crippen LogP contribution in [0.3, 0.4) is 0 Å². The first-order chi connectivity index (χ1) is 9.17. The molecular formula is C15H16N2O2. The maximum absolute atomic E-state index is 11.8. The Morgan fingerprint density at radius 2 is 2.11 bits per heavy atom. The van der Waals surface area contributed by atoms with Gasteiger partial charge in [0.1, 0.15) is 5.75 Å². The number of ether oxygens (including phenoxy) is 1. The summed E-state index contributed by atoms with van der Waals surface area (Å²) in [4.78, 5) is 18.7. The predicted molar refractivity (Wildman–Crippen MR) is 77.2 cm³/mol. The van der Waals surface area contributed by atoms with Gasteiger partial charge in [-0.25, -0.2) is 0 Å². The van der Waals surface area contributed by atoms with Gasteiger partial charge in [0.2, 0.25) is 0 Å². The summed E-state index contributed by atoms with van der Waals surface area (Å²) in [5.41, 5.74) is 3.14. The van der Waals surface area contributed by atoms with E-state index >= 15 is 0 Å². The molecule has 0 amide bonds. The Morgan fingerprint density at radius 1 is 1.32 bits per heavy atom. The van der Waals surface area contributed by atoms with Crippen LogP contribution in [-0.4, -0.2) is 24.9 Å². The van der Waals surface area contributed by atoms with Crippen LogP contribution in [0.25, 0.3) is 11.1 Å². The summed E-state index contributed by atoms with van der Waals surface area (Å²) in [5.74, 6) is 0.749. The molecule has 0 saturated heterocycles. The zero-order valence-corrected chi connectivity index (χ0v) is 11.2. The maximum Gasteiger partial charge on any atom is 0.255 e. The molecule has 0 saturated carbocycles. The van der Waals surface area contributed by atoms with Gasteiger partial charge in [-0.2, -0.15) is 0 Å². The monoisotopic (exact) mass is 256 g/mol. The van der Waals surface area contributed by atoms with Crippen molar-refractivity contribution < 1.29 is 4.74 Å². The lowest BCUT2D eigenvalue weighted by Crippen LogP contribution is -2.08. The van der Waals surface area contributed by atoms with E-state index in [2.05, 4.69) is 9.98 Å². The van der Waals surface area contributed by atoms with Gasteiger partial charge in [0.25, 0.3) is 5.56 Å². The zero-order valence-electron chi connectivity index (χ0n) is 11.2. The lowest BCUT2D eigenvalue weighted by molar-refractivity contribution is 0.414. The lowest BCUT2D eigenvalue weighted by atomic mass is 10.0. The number of hydrogen-bond donors (Lipinski definition) is 1. The summed E-state index contributed by atoms with van der Waals surface area (Å²) in [6.07, 6.45) is 1.62. The highest BCUT2D eigenvalue weighted by Gasteiger charge is 2.09. The van der Waals surface area contributed by atoms with Crippen LogP contribution in [0.2, 0.25) is 0 Å². The maximum atomic E-state index is 11.8. The molecule has 2 rings (SSSR count). The molecule has 0 fully saturated rings. The molecule has 0 aliphatic heterocycles. The number of aliphatic imine (C=N–C) groups is 1. The second-order valence-corrected chi connectivity index (χ2v) is 4.14. The Kier molecular flexibility index (Phi) is 3.80. The number of nitrogens with one attached hydrogen (secondary N) is 1. The molecule has 1 aromatic carbocycles. The highest BCUT2D eigenvalue weighted by atomic mass is 16.5. The van der Waals surface area contributed by atoms with E-state index in [0.717, 1.165) is 22.6 Å². The average molecular weight is 256 g/mol. The number of hydrogen-bond acceptors (Lipinski definition) is 3. The summed E-state index contributed by atoms with van der Waals surface area (Å²) in [6, 6.07) is 9.25. The number of pyridine rings is 1. The average Bonchev–Trinajstić information content (AvgIpc) is 2.46. The van der Waals surface area contributed by atoms with Crippen LogP contribution < -0.4 is 10.3 Å². The Balaban J connectivity index is 2.62. The number of aromatic nitrogens is 1. The summed E-state index contributed by atoms with van der Waals surface area (Å²) < 4.78 is 5.32. The van der Waals surface area contributed by atoms with Gasteiger partial charge in [0.05, 0.1) is 7.11 Å². The van der Waals surface area contributed by atoms with Crippen LogP contribution in [-0.2, 0) is 0 Å². The molecule has 19 heavy (non-hydrogen) atoms. The van der Waals surface area contributed by atoms with Crippen LogP contribution in [0.5, 0.6) is 5.75 Å². The third-order valence-electron chi connectivity index (χ3n) is 3.05. The van der Waals surface area contributed by atoms with Crippen molar-refractivity contribution in [3.63, 3.8) is 0 Å². The van der Waals surface area contributed by atoms with E-state index in [9.17, 15) is 4.79 Å². The Hall–Kier alpha value is -2.36. The Morgan fingerprint density at radius 3 is 2.74 bits per heavy atom. The quantitative estimate of drug-likeness (QED) is 0.858. The molecule has 0 bridgehead atoms. The summed E-state index contributed by atoms with van der Waals surface area (Å²) >= 11 is 0. The minimum atomic E-state index is -0.107. The van der Waals surface area contributed by atoms with E-state index in [1.165, 1.54) is 0 Å². The van der Waals surface area contributed by atoms with E-state index in [-0.39, 0.29) is 5.56 Å². The van der Waals surface area contributed by atoms with Gasteiger partial charge in [-0.15, -0.1) is 0 Å².